The quantitative estimate of drug-likeness (QED) is 0.783. The van der Waals surface area contributed by atoms with Crippen LogP contribution in [0.4, 0.5) is 8.78 Å². The Labute approximate surface area is 85.7 Å². The van der Waals surface area contributed by atoms with E-state index in [1.54, 1.807) is 6.92 Å². The molecule has 82 valence electrons. The van der Waals surface area contributed by atoms with Crippen LogP contribution >= 0.6 is 0 Å². The number of halogens is 2. The summed E-state index contributed by atoms with van der Waals surface area (Å²) in [4.78, 5) is 0. The van der Waals surface area contributed by atoms with E-state index in [0.29, 0.717) is 19.2 Å². The van der Waals surface area contributed by atoms with Crippen LogP contribution < -0.4 is 10.1 Å². The molecule has 0 spiro atoms. The Hall–Kier alpha value is -1.36. The van der Waals surface area contributed by atoms with Crippen LogP contribution in [0, 0.1) is 11.6 Å². The monoisotopic (exact) mass is 215 g/mol. The molecule has 0 bridgehead atoms. The van der Waals surface area contributed by atoms with Gasteiger partial charge >= 0.3 is 0 Å². The fourth-order valence-corrected chi connectivity index (χ4v) is 1.43. The van der Waals surface area contributed by atoms with Gasteiger partial charge in [-0.2, -0.15) is 0 Å². The lowest BCUT2D eigenvalue weighted by molar-refractivity contribution is 0.0316. The molecule has 0 atom stereocenters. The van der Waals surface area contributed by atoms with Crippen LogP contribution in [0.3, 0.4) is 0 Å². The highest BCUT2D eigenvalue weighted by Crippen LogP contribution is 2.33. The number of hydrogen-bond acceptors (Lipinski definition) is 3. The Morgan fingerprint density at radius 3 is 2.60 bits per heavy atom. The summed E-state index contributed by atoms with van der Waals surface area (Å²) in [5.74, 6) is -2.59. The largest absolute Gasteiger partial charge is 0.502 e. The first-order valence-corrected chi connectivity index (χ1v) is 4.58. The molecule has 0 aliphatic carbocycles. The van der Waals surface area contributed by atoms with E-state index >= 15 is 0 Å². The summed E-state index contributed by atoms with van der Waals surface area (Å²) in [6, 6.07) is 1.59. The molecule has 1 saturated heterocycles. The molecular formula is C10H11F2NO2. The molecule has 2 N–H and O–H groups in total. The normalized spacial score (nSPS) is 18.3. The minimum Gasteiger partial charge on any atom is -0.502 e. The second kappa shape index (κ2) is 3.34. The van der Waals surface area contributed by atoms with Crippen LogP contribution in [0.2, 0.25) is 0 Å². The van der Waals surface area contributed by atoms with E-state index in [4.69, 9.17) is 4.74 Å². The molecule has 0 aromatic heterocycles. The number of aromatic hydroxyl groups is 1. The maximum Gasteiger partial charge on any atom is 0.194 e. The summed E-state index contributed by atoms with van der Waals surface area (Å²) in [6.45, 7) is 2.97. The molecule has 15 heavy (non-hydrogen) atoms. The highest BCUT2D eigenvalue weighted by Gasteiger charge is 2.35. The number of hydrogen-bond donors (Lipinski definition) is 2. The number of ether oxygens (including phenoxy) is 1. The van der Waals surface area contributed by atoms with Crippen molar-refractivity contribution in [3.05, 3.63) is 23.8 Å². The van der Waals surface area contributed by atoms with Gasteiger partial charge in [0.2, 0.25) is 0 Å². The third-order valence-electron chi connectivity index (χ3n) is 2.35. The van der Waals surface area contributed by atoms with Gasteiger partial charge in [-0.3, -0.25) is 0 Å². The smallest absolute Gasteiger partial charge is 0.194 e. The second-order valence-electron chi connectivity index (χ2n) is 3.89. The zero-order chi connectivity index (χ0) is 11.1. The van der Waals surface area contributed by atoms with Gasteiger partial charge in [0.25, 0.3) is 0 Å². The first-order valence-electron chi connectivity index (χ1n) is 4.58. The number of phenols is 1. The first-order chi connectivity index (χ1) is 7.00. The molecule has 2 rings (SSSR count). The summed E-state index contributed by atoms with van der Waals surface area (Å²) in [5.41, 5.74) is -0.502. The Morgan fingerprint density at radius 2 is 2.07 bits per heavy atom. The Kier molecular flexibility index (Phi) is 2.26. The van der Waals surface area contributed by atoms with Gasteiger partial charge in [-0.05, 0) is 6.92 Å². The fourth-order valence-electron chi connectivity index (χ4n) is 1.43. The zero-order valence-corrected chi connectivity index (χ0v) is 8.18. The Morgan fingerprint density at radius 1 is 1.40 bits per heavy atom. The summed E-state index contributed by atoms with van der Waals surface area (Å²) in [7, 11) is 0. The topological polar surface area (TPSA) is 41.5 Å². The van der Waals surface area contributed by atoms with E-state index in [2.05, 4.69) is 5.32 Å². The van der Waals surface area contributed by atoms with Crippen molar-refractivity contribution in [2.45, 2.75) is 12.5 Å². The van der Waals surface area contributed by atoms with Gasteiger partial charge in [0.1, 0.15) is 11.4 Å². The van der Waals surface area contributed by atoms with Crippen molar-refractivity contribution in [1.82, 2.24) is 5.32 Å². The average molecular weight is 215 g/mol. The van der Waals surface area contributed by atoms with Gasteiger partial charge in [0, 0.05) is 25.2 Å². The molecule has 1 aliphatic heterocycles. The molecule has 0 unspecified atom stereocenters. The highest BCUT2D eigenvalue weighted by atomic mass is 19.1. The molecule has 1 aliphatic rings. The van der Waals surface area contributed by atoms with Gasteiger partial charge in [-0.25, -0.2) is 8.78 Å². The number of rotatable bonds is 2. The molecule has 0 radical (unpaired) electrons. The van der Waals surface area contributed by atoms with Crippen molar-refractivity contribution >= 4 is 0 Å². The van der Waals surface area contributed by atoms with Crippen molar-refractivity contribution in [1.29, 1.82) is 0 Å². The average Bonchev–Trinajstić information content (AvgIpc) is 2.11. The lowest BCUT2D eigenvalue weighted by Gasteiger charge is -2.39. The molecule has 1 aromatic carbocycles. The van der Waals surface area contributed by atoms with Gasteiger partial charge in [-0.15, -0.1) is 0 Å². The summed E-state index contributed by atoms with van der Waals surface area (Å²) >= 11 is 0. The van der Waals surface area contributed by atoms with Gasteiger partial charge < -0.3 is 15.2 Å². The van der Waals surface area contributed by atoms with Crippen molar-refractivity contribution in [3.8, 4) is 11.5 Å². The van der Waals surface area contributed by atoms with Crippen molar-refractivity contribution in [3.63, 3.8) is 0 Å². The lowest BCUT2D eigenvalue weighted by atomic mass is 10.00. The van der Waals surface area contributed by atoms with Crippen LogP contribution in [0.15, 0.2) is 12.1 Å². The molecule has 1 heterocycles. The van der Waals surface area contributed by atoms with Crippen LogP contribution in [-0.2, 0) is 0 Å². The van der Waals surface area contributed by atoms with Crippen molar-refractivity contribution in [2.75, 3.05) is 13.1 Å². The van der Waals surface area contributed by atoms with E-state index in [9.17, 15) is 13.9 Å². The van der Waals surface area contributed by atoms with Gasteiger partial charge in [0.15, 0.2) is 17.3 Å². The second-order valence-corrected chi connectivity index (χ2v) is 3.89. The van der Waals surface area contributed by atoms with Gasteiger partial charge in [0.05, 0.1) is 0 Å². The Balaban J connectivity index is 2.27. The third kappa shape index (κ3) is 1.87. The summed E-state index contributed by atoms with van der Waals surface area (Å²) in [5, 5.41) is 12.3. The van der Waals surface area contributed by atoms with E-state index in [0.717, 1.165) is 6.07 Å². The number of nitrogens with one attached hydrogen (secondary N) is 1. The number of phenolic OH excluding ortho intramolecular Hbond substituents is 1. The highest BCUT2D eigenvalue weighted by molar-refractivity contribution is 5.40. The zero-order valence-electron chi connectivity index (χ0n) is 8.18. The molecule has 3 nitrogen and oxygen atoms in total. The van der Waals surface area contributed by atoms with Crippen LogP contribution in [0.1, 0.15) is 6.92 Å². The maximum absolute atomic E-state index is 13.0. The minimum absolute atomic E-state index is 0.156. The molecular weight excluding hydrogens is 204 g/mol. The molecule has 0 amide bonds. The van der Waals surface area contributed by atoms with E-state index < -0.39 is 23.0 Å². The first kappa shape index (κ1) is 10.2. The predicted molar refractivity (Wildman–Crippen MR) is 49.9 cm³/mol. The molecule has 0 saturated carbocycles. The van der Waals surface area contributed by atoms with Gasteiger partial charge in [-0.1, -0.05) is 0 Å². The van der Waals surface area contributed by atoms with Crippen LogP contribution in [0.25, 0.3) is 0 Å². The standard InChI is InChI=1S/C10H11F2NO2/c1-10(4-13-5-10)15-8-3-6(11)2-7(12)9(8)14/h2-3,13-14H,4-5H2,1H3. The third-order valence-corrected chi connectivity index (χ3v) is 2.35. The summed E-state index contributed by atoms with van der Waals surface area (Å²) < 4.78 is 31.1. The fraction of sp³-hybridized carbons (Fsp3) is 0.400. The van der Waals surface area contributed by atoms with Crippen LogP contribution in [-0.4, -0.2) is 23.8 Å². The SMILES string of the molecule is CC1(Oc2cc(F)cc(F)c2O)CNC1. The summed E-state index contributed by atoms with van der Waals surface area (Å²) in [6.07, 6.45) is 0. The van der Waals surface area contributed by atoms with Crippen molar-refractivity contribution < 1.29 is 18.6 Å². The van der Waals surface area contributed by atoms with E-state index in [1.165, 1.54) is 0 Å². The number of benzene rings is 1. The lowest BCUT2D eigenvalue weighted by Crippen LogP contribution is -2.61. The minimum atomic E-state index is -1.01. The van der Waals surface area contributed by atoms with Crippen molar-refractivity contribution in [2.24, 2.45) is 0 Å². The van der Waals surface area contributed by atoms with E-state index in [1.807, 2.05) is 0 Å². The molecule has 5 heteroatoms. The molecule has 1 aromatic rings. The Bertz CT molecular complexity index is 391. The predicted octanol–water partition coefficient (Wildman–Crippen LogP) is 1.41. The van der Waals surface area contributed by atoms with Crippen LogP contribution in [0.5, 0.6) is 11.5 Å². The maximum atomic E-state index is 13.0. The van der Waals surface area contributed by atoms with E-state index in [-0.39, 0.29) is 5.75 Å². The molecule has 1 fully saturated rings.